The molecule has 15 heavy (non-hydrogen) atoms. The molecule has 90 valence electrons. The summed E-state index contributed by atoms with van der Waals surface area (Å²) < 4.78 is 0. The summed E-state index contributed by atoms with van der Waals surface area (Å²) in [5.41, 5.74) is 6.66. The Hall–Kier alpha value is -0.0800. The molecule has 0 aromatic heterocycles. The molecule has 0 aliphatic carbocycles. The molecule has 2 heteroatoms. The summed E-state index contributed by atoms with van der Waals surface area (Å²) in [6.07, 6.45) is 6.13. The van der Waals surface area contributed by atoms with Crippen molar-refractivity contribution in [3.63, 3.8) is 0 Å². The summed E-state index contributed by atoms with van der Waals surface area (Å²) in [5, 5.41) is 0. The lowest BCUT2D eigenvalue weighted by Crippen LogP contribution is -2.55. The number of hydrogen-bond acceptors (Lipinski definition) is 2. The monoisotopic (exact) mass is 212 g/mol. The first-order valence-corrected chi connectivity index (χ1v) is 6.47. The van der Waals surface area contributed by atoms with Gasteiger partial charge in [-0.15, -0.1) is 0 Å². The van der Waals surface area contributed by atoms with E-state index in [1.807, 2.05) is 0 Å². The number of hydrogen-bond donors (Lipinski definition) is 1. The fourth-order valence-electron chi connectivity index (χ4n) is 2.65. The van der Waals surface area contributed by atoms with Gasteiger partial charge in [0.15, 0.2) is 0 Å². The van der Waals surface area contributed by atoms with Gasteiger partial charge in [0.2, 0.25) is 0 Å². The summed E-state index contributed by atoms with van der Waals surface area (Å²) in [7, 11) is 0. The molecule has 1 heterocycles. The van der Waals surface area contributed by atoms with Gasteiger partial charge in [-0.3, -0.25) is 4.90 Å². The lowest BCUT2D eigenvalue weighted by atomic mass is 9.84. The van der Waals surface area contributed by atoms with Crippen LogP contribution >= 0.6 is 0 Å². The average molecular weight is 212 g/mol. The van der Waals surface area contributed by atoms with Gasteiger partial charge in [-0.05, 0) is 39.5 Å². The van der Waals surface area contributed by atoms with E-state index in [0.29, 0.717) is 5.54 Å². The van der Waals surface area contributed by atoms with Crippen LogP contribution in [-0.4, -0.2) is 29.1 Å². The summed E-state index contributed by atoms with van der Waals surface area (Å²) in [6.45, 7) is 11.6. The van der Waals surface area contributed by atoms with Crippen LogP contribution in [0.15, 0.2) is 0 Å². The van der Waals surface area contributed by atoms with Crippen molar-refractivity contribution >= 4 is 0 Å². The highest BCUT2D eigenvalue weighted by Gasteiger charge is 2.34. The molecule has 2 nitrogen and oxygen atoms in total. The van der Waals surface area contributed by atoms with Crippen molar-refractivity contribution in [2.75, 3.05) is 13.1 Å². The zero-order valence-electron chi connectivity index (χ0n) is 11.0. The van der Waals surface area contributed by atoms with Crippen LogP contribution in [0, 0.1) is 0 Å². The molecule has 1 fully saturated rings. The molecule has 0 spiro atoms. The fourth-order valence-corrected chi connectivity index (χ4v) is 2.65. The first-order chi connectivity index (χ1) is 6.93. The van der Waals surface area contributed by atoms with E-state index >= 15 is 0 Å². The normalized spacial score (nSPS) is 26.2. The third-order valence-corrected chi connectivity index (χ3v) is 4.22. The van der Waals surface area contributed by atoms with E-state index in [1.165, 1.54) is 32.4 Å². The minimum atomic E-state index is 0.0807. The highest BCUT2D eigenvalue weighted by Crippen LogP contribution is 2.30. The summed E-state index contributed by atoms with van der Waals surface area (Å²) >= 11 is 0. The van der Waals surface area contributed by atoms with Crippen LogP contribution in [0.5, 0.6) is 0 Å². The summed E-state index contributed by atoms with van der Waals surface area (Å²) in [4.78, 5) is 2.66. The Kier molecular flexibility index (Phi) is 4.19. The second-order valence-corrected chi connectivity index (χ2v) is 5.74. The van der Waals surface area contributed by atoms with E-state index in [-0.39, 0.29) is 5.54 Å². The molecular formula is C13H28N2. The molecule has 1 atom stereocenters. The van der Waals surface area contributed by atoms with Gasteiger partial charge < -0.3 is 5.73 Å². The minimum absolute atomic E-state index is 0.0807. The largest absolute Gasteiger partial charge is 0.325 e. The number of nitrogens with two attached hydrogens (primary N) is 1. The van der Waals surface area contributed by atoms with Gasteiger partial charge >= 0.3 is 0 Å². The van der Waals surface area contributed by atoms with Crippen molar-refractivity contribution < 1.29 is 0 Å². The Labute approximate surface area is 95.2 Å². The number of piperidine rings is 1. The van der Waals surface area contributed by atoms with Gasteiger partial charge in [0.1, 0.15) is 0 Å². The molecule has 1 saturated heterocycles. The van der Waals surface area contributed by atoms with Crippen LogP contribution in [0.1, 0.15) is 59.8 Å². The first-order valence-electron chi connectivity index (χ1n) is 6.47. The molecule has 0 bridgehead atoms. The highest BCUT2D eigenvalue weighted by atomic mass is 15.2. The average Bonchev–Trinajstić information content (AvgIpc) is 2.17. The van der Waals surface area contributed by atoms with Gasteiger partial charge in [0.05, 0.1) is 0 Å². The predicted octanol–water partition coefficient (Wildman–Crippen LogP) is 2.77. The molecule has 0 aromatic rings. The maximum Gasteiger partial charge on any atom is 0.0178 e. The van der Waals surface area contributed by atoms with Crippen molar-refractivity contribution in [1.29, 1.82) is 0 Å². The molecule has 1 aliphatic heterocycles. The van der Waals surface area contributed by atoms with Crippen molar-refractivity contribution in [2.24, 2.45) is 5.73 Å². The third kappa shape index (κ3) is 3.18. The number of nitrogens with zero attached hydrogens (tertiary/aromatic N) is 1. The van der Waals surface area contributed by atoms with Crippen molar-refractivity contribution in [1.82, 2.24) is 4.90 Å². The zero-order chi connectivity index (χ0) is 11.5. The lowest BCUT2D eigenvalue weighted by Gasteiger charge is -2.47. The molecular weight excluding hydrogens is 184 g/mol. The summed E-state index contributed by atoms with van der Waals surface area (Å²) in [5.74, 6) is 0. The van der Waals surface area contributed by atoms with Crippen LogP contribution in [0.4, 0.5) is 0 Å². The van der Waals surface area contributed by atoms with Crippen LogP contribution < -0.4 is 5.73 Å². The molecule has 1 unspecified atom stereocenters. The fraction of sp³-hybridized carbons (Fsp3) is 1.00. The Balaban J connectivity index is 2.57. The van der Waals surface area contributed by atoms with Gasteiger partial charge in [0, 0.05) is 24.2 Å². The smallest absolute Gasteiger partial charge is 0.0178 e. The Morgan fingerprint density at radius 2 is 1.80 bits per heavy atom. The predicted molar refractivity (Wildman–Crippen MR) is 67.0 cm³/mol. The molecule has 0 radical (unpaired) electrons. The van der Waals surface area contributed by atoms with Crippen LogP contribution in [0.25, 0.3) is 0 Å². The van der Waals surface area contributed by atoms with Crippen molar-refractivity contribution in [2.45, 2.75) is 70.9 Å². The molecule has 0 amide bonds. The van der Waals surface area contributed by atoms with Gasteiger partial charge in [-0.2, -0.15) is 0 Å². The Bertz CT molecular complexity index is 191. The van der Waals surface area contributed by atoms with Gasteiger partial charge in [0.25, 0.3) is 0 Å². The van der Waals surface area contributed by atoms with E-state index in [4.69, 9.17) is 5.73 Å². The molecule has 0 saturated carbocycles. The van der Waals surface area contributed by atoms with Crippen LogP contribution in [0.2, 0.25) is 0 Å². The topological polar surface area (TPSA) is 29.3 Å². The number of likely N-dealkylation sites (tertiary alicyclic amines) is 1. The van der Waals surface area contributed by atoms with Crippen molar-refractivity contribution in [3.05, 3.63) is 0 Å². The third-order valence-electron chi connectivity index (χ3n) is 4.22. The van der Waals surface area contributed by atoms with Gasteiger partial charge in [-0.25, -0.2) is 0 Å². The Morgan fingerprint density at radius 1 is 1.27 bits per heavy atom. The first kappa shape index (κ1) is 13.0. The van der Waals surface area contributed by atoms with Gasteiger partial charge in [-0.1, -0.05) is 20.3 Å². The van der Waals surface area contributed by atoms with E-state index in [2.05, 4.69) is 32.6 Å². The lowest BCUT2D eigenvalue weighted by molar-refractivity contribution is 0.0473. The Morgan fingerprint density at radius 3 is 2.20 bits per heavy atom. The number of rotatable bonds is 4. The van der Waals surface area contributed by atoms with Crippen LogP contribution in [-0.2, 0) is 0 Å². The quantitative estimate of drug-likeness (QED) is 0.776. The van der Waals surface area contributed by atoms with Crippen molar-refractivity contribution in [3.8, 4) is 0 Å². The SMILES string of the molecule is CCCC(C)(CC)N1CCC(C)(N)CC1. The molecule has 2 N–H and O–H groups in total. The molecule has 1 rings (SSSR count). The van der Waals surface area contributed by atoms with E-state index in [9.17, 15) is 0 Å². The second-order valence-electron chi connectivity index (χ2n) is 5.74. The van der Waals surface area contributed by atoms with E-state index in [0.717, 1.165) is 12.8 Å². The second kappa shape index (κ2) is 4.84. The molecule has 0 aromatic carbocycles. The highest BCUT2D eigenvalue weighted by molar-refractivity contribution is 4.93. The maximum atomic E-state index is 6.17. The minimum Gasteiger partial charge on any atom is -0.325 e. The van der Waals surface area contributed by atoms with E-state index in [1.54, 1.807) is 0 Å². The maximum absolute atomic E-state index is 6.17. The van der Waals surface area contributed by atoms with E-state index < -0.39 is 0 Å². The van der Waals surface area contributed by atoms with Crippen LogP contribution in [0.3, 0.4) is 0 Å². The zero-order valence-corrected chi connectivity index (χ0v) is 11.0. The molecule has 1 aliphatic rings. The summed E-state index contributed by atoms with van der Waals surface area (Å²) in [6, 6.07) is 0. The standard InChI is InChI=1S/C13H28N2/c1-5-7-13(4,6-2)15-10-8-12(3,14)9-11-15/h5-11,14H2,1-4H3.